The van der Waals surface area contributed by atoms with E-state index in [-0.39, 0.29) is 23.4 Å². The summed E-state index contributed by atoms with van der Waals surface area (Å²) in [6, 6.07) is 21.2. The van der Waals surface area contributed by atoms with Crippen molar-refractivity contribution in [2.75, 3.05) is 10.8 Å². The third-order valence-corrected chi connectivity index (χ3v) is 8.10. The van der Waals surface area contributed by atoms with E-state index in [1.54, 1.807) is 55.5 Å². The maximum Gasteiger partial charge on any atom is 0.264 e. The predicted octanol–water partition coefficient (Wildman–Crippen LogP) is 5.04. The van der Waals surface area contributed by atoms with Crippen molar-refractivity contribution in [2.24, 2.45) is 0 Å². The van der Waals surface area contributed by atoms with E-state index in [9.17, 15) is 18.0 Å². The zero-order chi connectivity index (χ0) is 27.9. The largest absolute Gasteiger partial charge is 0.352 e. The molecule has 3 aromatic carbocycles. The normalized spacial score (nSPS) is 12.2. The van der Waals surface area contributed by atoms with Crippen LogP contribution in [0.15, 0.2) is 83.8 Å². The van der Waals surface area contributed by atoms with Crippen molar-refractivity contribution in [3.63, 3.8) is 0 Å². The molecule has 2 amide bonds. The summed E-state index contributed by atoms with van der Waals surface area (Å²) in [5.41, 5.74) is 1.93. The average molecular weight is 556 g/mol. The molecule has 0 spiro atoms. The summed E-state index contributed by atoms with van der Waals surface area (Å²) in [5, 5.41) is 3.34. The van der Waals surface area contributed by atoms with Gasteiger partial charge >= 0.3 is 0 Å². The Labute approximate surface area is 230 Å². The molecule has 0 fully saturated rings. The molecule has 3 aromatic rings. The Morgan fingerprint density at radius 2 is 1.58 bits per heavy atom. The third-order valence-electron chi connectivity index (χ3n) is 6.09. The minimum absolute atomic E-state index is 0.0747. The first-order valence-corrected chi connectivity index (χ1v) is 14.4. The van der Waals surface area contributed by atoms with Gasteiger partial charge in [0.25, 0.3) is 10.0 Å². The first-order valence-electron chi connectivity index (χ1n) is 12.5. The molecule has 1 N–H and O–H groups in total. The van der Waals surface area contributed by atoms with E-state index in [1.165, 1.54) is 17.0 Å². The minimum Gasteiger partial charge on any atom is -0.352 e. The number of rotatable bonds is 11. The highest BCUT2D eigenvalue weighted by molar-refractivity contribution is 7.92. The SMILES string of the molecule is CCc1ccccc1N(CC(=O)N(Cc1cccc(Cl)c1)[C@H](C)C(=O)NC(C)C)S(=O)(=O)c1ccccc1. The number of halogens is 1. The molecule has 0 radical (unpaired) electrons. The van der Waals surface area contributed by atoms with E-state index in [2.05, 4.69) is 5.32 Å². The van der Waals surface area contributed by atoms with Crippen molar-refractivity contribution in [2.45, 2.75) is 57.6 Å². The molecule has 0 heterocycles. The molecular weight excluding hydrogens is 522 g/mol. The summed E-state index contributed by atoms with van der Waals surface area (Å²) in [6.45, 7) is 6.84. The van der Waals surface area contributed by atoms with Crippen molar-refractivity contribution in [3.8, 4) is 0 Å². The number of aryl methyl sites for hydroxylation is 1. The number of sulfonamides is 1. The molecule has 0 saturated carbocycles. The number of nitrogens with zero attached hydrogens (tertiary/aromatic N) is 2. The molecule has 0 unspecified atom stereocenters. The van der Waals surface area contributed by atoms with E-state index < -0.39 is 28.5 Å². The maximum atomic E-state index is 13.9. The van der Waals surface area contributed by atoms with Crippen LogP contribution < -0.4 is 9.62 Å². The lowest BCUT2D eigenvalue weighted by Crippen LogP contribution is -2.52. The highest BCUT2D eigenvalue weighted by Gasteiger charge is 2.33. The summed E-state index contributed by atoms with van der Waals surface area (Å²) < 4.78 is 28.9. The monoisotopic (exact) mass is 555 g/mol. The summed E-state index contributed by atoms with van der Waals surface area (Å²) in [7, 11) is -4.10. The first-order chi connectivity index (χ1) is 18.0. The van der Waals surface area contributed by atoms with Gasteiger partial charge in [-0.05, 0) is 68.7 Å². The van der Waals surface area contributed by atoms with E-state index in [0.29, 0.717) is 17.1 Å². The molecule has 3 rings (SSSR count). The summed E-state index contributed by atoms with van der Waals surface area (Å²) in [5.74, 6) is -0.844. The van der Waals surface area contributed by atoms with Gasteiger partial charge in [0, 0.05) is 17.6 Å². The third kappa shape index (κ3) is 7.14. The number of para-hydroxylation sites is 1. The standard InChI is InChI=1S/C29H34ClN3O4S/c1-5-24-13-9-10-17-27(24)33(38(36,37)26-15-7-6-8-16-26)20-28(34)32(22(4)29(35)31-21(2)3)19-23-12-11-14-25(30)18-23/h6-18,21-22H,5,19-20H2,1-4H3,(H,31,35)/t22-/m1/s1. The van der Waals surface area contributed by atoms with Gasteiger partial charge < -0.3 is 10.2 Å². The second-order valence-corrected chi connectivity index (χ2v) is 11.6. The number of hydrogen-bond donors (Lipinski definition) is 1. The Balaban J connectivity index is 2.06. The molecule has 0 aliphatic heterocycles. The second kappa shape index (κ2) is 12.9. The Bertz CT molecular complexity index is 1360. The van der Waals surface area contributed by atoms with Gasteiger partial charge in [-0.15, -0.1) is 0 Å². The molecule has 0 saturated heterocycles. The Hall–Kier alpha value is -3.36. The summed E-state index contributed by atoms with van der Waals surface area (Å²) >= 11 is 6.17. The fraction of sp³-hybridized carbons (Fsp3) is 0.310. The van der Waals surface area contributed by atoms with E-state index in [4.69, 9.17) is 11.6 Å². The second-order valence-electron chi connectivity index (χ2n) is 9.30. The molecule has 202 valence electrons. The van der Waals surface area contributed by atoms with Crippen molar-refractivity contribution >= 4 is 39.1 Å². The van der Waals surface area contributed by atoms with Crippen molar-refractivity contribution < 1.29 is 18.0 Å². The van der Waals surface area contributed by atoms with Crippen LogP contribution in [0.1, 0.15) is 38.8 Å². The smallest absolute Gasteiger partial charge is 0.264 e. The Morgan fingerprint density at radius 1 is 0.921 bits per heavy atom. The van der Waals surface area contributed by atoms with Crippen LogP contribution in [-0.4, -0.2) is 43.8 Å². The van der Waals surface area contributed by atoms with Crippen LogP contribution in [0.25, 0.3) is 0 Å². The Kier molecular flexibility index (Phi) is 9.94. The molecule has 9 heteroatoms. The van der Waals surface area contributed by atoms with Gasteiger partial charge in [0.1, 0.15) is 12.6 Å². The Morgan fingerprint density at radius 3 is 2.21 bits per heavy atom. The summed E-state index contributed by atoms with van der Waals surface area (Å²) in [6.07, 6.45) is 0.574. The van der Waals surface area contributed by atoms with Crippen LogP contribution in [0.3, 0.4) is 0 Å². The van der Waals surface area contributed by atoms with Gasteiger partial charge in [0.15, 0.2) is 0 Å². The van der Waals surface area contributed by atoms with Gasteiger partial charge in [-0.25, -0.2) is 8.42 Å². The topological polar surface area (TPSA) is 86.8 Å². The number of carbonyl (C=O) groups excluding carboxylic acids is 2. The zero-order valence-corrected chi connectivity index (χ0v) is 23.7. The van der Waals surface area contributed by atoms with Gasteiger partial charge in [0.05, 0.1) is 10.6 Å². The van der Waals surface area contributed by atoms with E-state index >= 15 is 0 Å². The quantitative estimate of drug-likeness (QED) is 0.359. The molecule has 38 heavy (non-hydrogen) atoms. The van der Waals surface area contributed by atoms with Crippen molar-refractivity contribution in [1.29, 1.82) is 0 Å². The number of nitrogens with one attached hydrogen (secondary N) is 1. The molecule has 0 bridgehead atoms. The summed E-state index contributed by atoms with van der Waals surface area (Å²) in [4.78, 5) is 28.4. The van der Waals surface area contributed by atoms with Crippen LogP contribution in [0, 0.1) is 0 Å². The van der Waals surface area contributed by atoms with Gasteiger partial charge in [0.2, 0.25) is 11.8 Å². The lowest BCUT2D eigenvalue weighted by Gasteiger charge is -2.33. The number of anilines is 1. The number of amides is 2. The lowest BCUT2D eigenvalue weighted by atomic mass is 10.1. The highest BCUT2D eigenvalue weighted by atomic mass is 35.5. The van der Waals surface area contributed by atoms with E-state index in [0.717, 1.165) is 15.4 Å². The molecule has 7 nitrogen and oxygen atoms in total. The fourth-order valence-corrected chi connectivity index (χ4v) is 5.79. The van der Waals surface area contributed by atoms with Gasteiger partial charge in [-0.3, -0.25) is 13.9 Å². The molecule has 0 aliphatic rings. The van der Waals surface area contributed by atoms with E-state index in [1.807, 2.05) is 39.0 Å². The van der Waals surface area contributed by atoms with Crippen LogP contribution >= 0.6 is 11.6 Å². The molecule has 1 atom stereocenters. The van der Waals surface area contributed by atoms with Gasteiger partial charge in [-0.1, -0.05) is 67.1 Å². The number of hydrogen-bond acceptors (Lipinski definition) is 4. The van der Waals surface area contributed by atoms with Crippen molar-refractivity contribution in [3.05, 3.63) is 95.0 Å². The predicted molar refractivity (Wildman–Crippen MR) is 152 cm³/mol. The average Bonchev–Trinajstić information content (AvgIpc) is 2.90. The van der Waals surface area contributed by atoms with Crippen LogP contribution in [-0.2, 0) is 32.6 Å². The number of carbonyl (C=O) groups is 2. The molecule has 0 aliphatic carbocycles. The fourth-order valence-electron chi connectivity index (χ4n) is 4.11. The highest BCUT2D eigenvalue weighted by Crippen LogP contribution is 2.28. The lowest BCUT2D eigenvalue weighted by molar-refractivity contribution is -0.139. The zero-order valence-electron chi connectivity index (χ0n) is 22.1. The first kappa shape index (κ1) is 29.2. The number of benzene rings is 3. The van der Waals surface area contributed by atoms with Crippen LogP contribution in [0.4, 0.5) is 5.69 Å². The minimum atomic E-state index is -4.10. The molecular formula is C29H34ClN3O4S. The maximum absolute atomic E-state index is 13.9. The van der Waals surface area contributed by atoms with Crippen LogP contribution in [0.2, 0.25) is 5.02 Å². The molecule has 0 aromatic heterocycles. The van der Waals surface area contributed by atoms with Crippen LogP contribution in [0.5, 0.6) is 0 Å². The van der Waals surface area contributed by atoms with Gasteiger partial charge in [-0.2, -0.15) is 0 Å². The van der Waals surface area contributed by atoms with Crippen molar-refractivity contribution in [1.82, 2.24) is 10.2 Å².